The van der Waals surface area contributed by atoms with Crippen molar-refractivity contribution in [2.24, 2.45) is 0 Å². The molecule has 1 aliphatic carbocycles. The van der Waals surface area contributed by atoms with Crippen LogP contribution in [-0.2, 0) is 19.6 Å². The second-order valence-electron chi connectivity index (χ2n) is 9.96. The summed E-state index contributed by atoms with van der Waals surface area (Å²) in [4.78, 5) is 13.1. The number of nitrogen functional groups attached to an aromatic ring is 1. The van der Waals surface area contributed by atoms with Crippen LogP contribution in [0.2, 0.25) is 0 Å². The van der Waals surface area contributed by atoms with Gasteiger partial charge in [-0.15, -0.1) is 0 Å². The van der Waals surface area contributed by atoms with Gasteiger partial charge in [0.1, 0.15) is 0 Å². The largest absolute Gasteiger partial charge is 0.397 e. The number of amides is 1. The monoisotopic (exact) mass is 558 g/mol. The van der Waals surface area contributed by atoms with E-state index in [9.17, 15) is 13.2 Å². The number of carbonyl (C=O) groups excluding carboxylic acids is 1. The Hall–Kier alpha value is -3.92. The first kappa shape index (κ1) is 27.6. The number of benzene rings is 2. The number of carbonyl (C=O) groups is 1. The SMILES string of the molecule is Nc1ccccc1NC(=O)/C=C/c1ccn(S(=O)(=O)C2(OCCN3CCCC3)C=CC(c3ccccc3)=CC2)c1. The molecule has 2 aromatic carbocycles. The number of nitrogens with zero attached hydrogens (tertiary/aromatic N) is 2. The van der Waals surface area contributed by atoms with Crippen molar-refractivity contribution in [3.8, 4) is 0 Å². The average molecular weight is 559 g/mol. The molecule has 1 fully saturated rings. The lowest BCUT2D eigenvalue weighted by atomic mass is 9.98. The first-order chi connectivity index (χ1) is 19.4. The van der Waals surface area contributed by atoms with Crippen molar-refractivity contribution in [2.45, 2.75) is 24.2 Å². The molecular formula is C31H34N4O4S. The molecule has 0 radical (unpaired) electrons. The fourth-order valence-electron chi connectivity index (χ4n) is 4.95. The quantitative estimate of drug-likeness (QED) is 0.275. The molecule has 1 unspecified atom stereocenters. The number of hydrogen-bond acceptors (Lipinski definition) is 6. The molecule has 3 aromatic rings. The van der Waals surface area contributed by atoms with Crippen molar-refractivity contribution in [2.75, 3.05) is 37.3 Å². The Kier molecular flexibility index (Phi) is 8.35. The molecule has 1 saturated heterocycles. The van der Waals surface area contributed by atoms with Gasteiger partial charge in [-0.3, -0.25) is 4.79 Å². The molecule has 2 heterocycles. The minimum absolute atomic E-state index is 0.181. The minimum Gasteiger partial charge on any atom is -0.397 e. The Balaban J connectivity index is 1.34. The van der Waals surface area contributed by atoms with Crippen LogP contribution in [0.15, 0.2) is 97.4 Å². The summed E-state index contributed by atoms with van der Waals surface area (Å²) in [6, 6.07) is 18.5. The fourth-order valence-corrected chi connectivity index (χ4v) is 6.56. The highest BCUT2D eigenvalue weighted by atomic mass is 32.2. The van der Waals surface area contributed by atoms with Crippen LogP contribution in [0.1, 0.15) is 30.4 Å². The van der Waals surface area contributed by atoms with Crippen molar-refractivity contribution in [1.82, 2.24) is 8.87 Å². The molecule has 9 heteroatoms. The van der Waals surface area contributed by atoms with E-state index in [4.69, 9.17) is 10.5 Å². The standard InChI is InChI=1S/C31H34N4O4S/c32-28-10-4-5-11-29(28)33-30(36)13-12-25-16-21-35(24-25)40(37,38)31(39-23-22-34-19-6-7-20-34)17-14-27(15-18-31)26-8-2-1-3-9-26/h1-5,8-17,21,24H,6-7,18-20,22-23,32H2,(H,33,36)/b13-12+. The summed E-state index contributed by atoms with van der Waals surface area (Å²) in [6.45, 7) is 3.00. The molecule has 208 valence electrons. The van der Waals surface area contributed by atoms with Crippen LogP contribution in [0.5, 0.6) is 0 Å². The Morgan fingerprint density at radius 3 is 2.52 bits per heavy atom. The van der Waals surface area contributed by atoms with Crippen molar-refractivity contribution in [1.29, 1.82) is 0 Å². The Bertz CT molecular complexity index is 1540. The van der Waals surface area contributed by atoms with Gasteiger partial charge in [0.15, 0.2) is 0 Å². The number of para-hydroxylation sites is 2. The second kappa shape index (κ2) is 12.1. The van der Waals surface area contributed by atoms with E-state index in [0.29, 0.717) is 30.1 Å². The van der Waals surface area contributed by atoms with Crippen LogP contribution in [-0.4, -0.2) is 54.4 Å². The average Bonchev–Trinajstić information content (AvgIpc) is 3.67. The van der Waals surface area contributed by atoms with Crippen molar-refractivity contribution >= 4 is 39.0 Å². The van der Waals surface area contributed by atoms with E-state index < -0.39 is 15.0 Å². The molecule has 3 N–H and O–H groups in total. The summed E-state index contributed by atoms with van der Waals surface area (Å²) in [7, 11) is -4.00. The summed E-state index contributed by atoms with van der Waals surface area (Å²) in [5.41, 5.74) is 9.40. The van der Waals surface area contributed by atoms with Gasteiger partial charge in [-0.1, -0.05) is 54.6 Å². The molecule has 8 nitrogen and oxygen atoms in total. The molecule has 0 spiro atoms. The van der Waals surface area contributed by atoms with E-state index in [1.807, 2.05) is 42.5 Å². The number of anilines is 2. The normalized spacial score (nSPS) is 19.6. The van der Waals surface area contributed by atoms with Gasteiger partial charge >= 0.3 is 0 Å². The van der Waals surface area contributed by atoms with E-state index >= 15 is 0 Å². The summed E-state index contributed by atoms with van der Waals surface area (Å²) in [5.74, 6) is -0.371. The maximum atomic E-state index is 14.0. The number of likely N-dealkylation sites (tertiary alicyclic amines) is 1. The Labute approximate surface area is 235 Å². The van der Waals surface area contributed by atoms with Gasteiger partial charge < -0.3 is 20.7 Å². The topological polar surface area (TPSA) is 107 Å². The molecule has 1 amide bonds. The van der Waals surface area contributed by atoms with Crippen molar-refractivity contribution < 1.29 is 17.9 Å². The molecule has 5 rings (SSSR count). The number of nitrogens with one attached hydrogen (secondary N) is 1. The molecular weight excluding hydrogens is 524 g/mol. The highest BCUT2D eigenvalue weighted by Crippen LogP contribution is 2.35. The number of nitrogens with two attached hydrogens (primary N) is 1. The highest BCUT2D eigenvalue weighted by molar-refractivity contribution is 7.91. The molecule has 0 saturated carbocycles. The molecule has 40 heavy (non-hydrogen) atoms. The predicted molar refractivity (Wildman–Crippen MR) is 160 cm³/mol. The summed E-state index contributed by atoms with van der Waals surface area (Å²) in [5, 5.41) is 2.72. The fraction of sp³-hybridized carbons (Fsp3) is 0.258. The number of rotatable bonds is 10. The number of ether oxygens (including phenoxy) is 1. The summed E-state index contributed by atoms with van der Waals surface area (Å²) < 4.78 is 35.5. The van der Waals surface area contributed by atoms with Crippen LogP contribution in [0.4, 0.5) is 11.4 Å². The van der Waals surface area contributed by atoms with Gasteiger partial charge in [-0.25, -0.2) is 12.4 Å². The maximum absolute atomic E-state index is 14.0. The summed E-state index contributed by atoms with van der Waals surface area (Å²) in [6.07, 6.45) is 13.8. The van der Waals surface area contributed by atoms with Crippen LogP contribution < -0.4 is 11.1 Å². The summed E-state index contributed by atoms with van der Waals surface area (Å²) >= 11 is 0. The highest BCUT2D eigenvalue weighted by Gasteiger charge is 2.44. The van der Waals surface area contributed by atoms with Gasteiger partial charge in [0.2, 0.25) is 10.8 Å². The van der Waals surface area contributed by atoms with Gasteiger partial charge in [-0.2, -0.15) is 0 Å². The number of aromatic nitrogens is 1. The van der Waals surface area contributed by atoms with Gasteiger partial charge in [0.05, 0.1) is 18.0 Å². The molecule has 2 aliphatic rings. The molecule has 0 bridgehead atoms. The lowest BCUT2D eigenvalue weighted by Gasteiger charge is -2.33. The van der Waals surface area contributed by atoms with Gasteiger partial charge in [-0.05, 0) is 73.0 Å². The van der Waals surface area contributed by atoms with Gasteiger partial charge in [0, 0.05) is 31.4 Å². The van der Waals surface area contributed by atoms with Gasteiger partial charge in [0.25, 0.3) is 10.0 Å². The van der Waals surface area contributed by atoms with E-state index in [2.05, 4.69) is 10.2 Å². The second-order valence-corrected chi connectivity index (χ2v) is 12.0. The number of hydrogen-bond donors (Lipinski definition) is 2. The zero-order valence-corrected chi connectivity index (χ0v) is 23.1. The molecule has 1 aromatic heterocycles. The molecule has 1 aliphatic heterocycles. The van der Waals surface area contributed by atoms with Crippen LogP contribution in [0.25, 0.3) is 11.6 Å². The zero-order valence-electron chi connectivity index (χ0n) is 22.3. The van der Waals surface area contributed by atoms with E-state index in [0.717, 1.165) is 37.1 Å². The van der Waals surface area contributed by atoms with Crippen LogP contribution >= 0.6 is 0 Å². The van der Waals surface area contributed by atoms with E-state index in [1.54, 1.807) is 42.5 Å². The van der Waals surface area contributed by atoms with Crippen LogP contribution in [0, 0.1) is 0 Å². The maximum Gasteiger partial charge on any atom is 0.272 e. The van der Waals surface area contributed by atoms with Crippen molar-refractivity contribution in [3.63, 3.8) is 0 Å². The Morgan fingerprint density at radius 1 is 1.05 bits per heavy atom. The zero-order chi connectivity index (χ0) is 28.0. The van der Waals surface area contributed by atoms with Crippen molar-refractivity contribution in [3.05, 3.63) is 108 Å². The third-order valence-corrected chi connectivity index (χ3v) is 9.31. The lowest BCUT2D eigenvalue weighted by molar-refractivity contribution is -0.111. The predicted octanol–water partition coefficient (Wildman–Crippen LogP) is 4.75. The smallest absolute Gasteiger partial charge is 0.272 e. The van der Waals surface area contributed by atoms with Crippen LogP contribution in [0.3, 0.4) is 0 Å². The molecule has 1 atom stereocenters. The minimum atomic E-state index is -4.00. The Morgan fingerprint density at radius 2 is 1.80 bits per heavy atom. The third kappa shape index (κ3) is 6.12. The third-order valence-electron chi connectivity index (χ3n) is 7.23. The van der Waals surface area contributed by atoms with E-state index in [1.165, 1.54) is 22.4 Å². The first-order valence-electron chi connectivity index (χ1n) is 13.4. The lowest BCUT2D eigenvalue weighted by Crippen LogP contribution is -2.44. The first-order valence-corrected chi connectivity index (χ1v) is 14.9. The van der Waals surface area contributed by atoms with E-state index in [-0.39, 0.29) is 12.3 Å². The number of allylic oxidation sites excluding steroid dienone is 2.